The van der Waals surface area contributed by atoms with Gasteiger partial charge in [-0.2, -0.15) is 0 Å². The van der Waals surface area contributed by atoms with E-state index >= 15 is 0 Å². The number of nitrogens with one attached hydrogen (secondary N) is 1. The van der Waals surface area contributed by atoms with Crippen LogP contribution < -0.4 is 5.32 Å². The predicted octanol–water partition coefficient (Wildman–Crippen LogP) is 0.717. The van der Waals surface area contributed by atoms with E-state index in [9.17, 15) is 13.2 Å². The Hall–Kier alpha value is -2.15. The zero-order valence-electron chi connectivity index (χ0n) is 11.0. The minimum absolute atomic E-state index is 0.201. The smallest absolute Gasteiger partial charge is 0.251 e. The van der Waals surface area contributed by atoms with Crippen molar-refractivity contribution in [1.29, 1.82) is 0 Å². The lowest BCUT2D eigenvalue weighted by Gasteiger charge is -2.06. The topological polar surface area (TPSA) is 81.1 Å². The molecule has 0 atom stereocenters. The van der Waals surface area contributed by atoms with Crippen LogP contribution in [0.1, 0.15) is 10.4 Å². The largest absolute Gasteiger partial charge is 0.350 e. The highest BCUT2D eigenvalue weighted by Crippen LogP contribution is 2.10. The van der Waals surface area contributed by atoms with Gasteiger partial charge < -0.3 is 9.88 Å². The average Bonchev–Trinajstić information content (AvgIpc) is 2.91. The number of aromatic nitrogens is 2. The highest BCUT2D eigenvalue weighted by atomic mass is 32.2. The Bertz CT molecular complexity index is 676. The van der Waals surface area contributed by atoms with E-state index in [0.717, 1.165) is 6.26 Å². The highest BCUT2D eigenvalue weighted by Gasteiger charge is 2.09. The molecule has 2 rings (SSSR count). The molecule has 0 fully saturated rings. The van der Waals surface area contributed by atoms with Crippen LogP contribution in [-0.2, 0) is 16.4 Å². The van der Waals surface area contributed by atoms with Crippen LogP contribution in [0.5, 0.6) is 0 Å². The molecule has 1 amide bonds. The number of carbonyl (C=O) groups excluding carboxylic acids is 1. The van der Waals surface area contributed by atoms with Gasteiger partial charge in [0.25, 0.3) is 5.91 Å². The van der Waals surface area contributed by atoms with E-state index in [-0.39, 0.29) is 10.8 Å². The molecule has 1 heterocycles. The summed E-state index contributed by atoms with van der Waals surface area (Å²) in [6.07, 6.45) is 6.29. The lowest BCUT2D eigenvalue weighted by Crippen LogP contribution is -2.26. The van der Waals surface area contributed by atoms with Crippen molar-refractivity contribution >= 4 is 15.7 Å². The van der Waals surface area contributed by atoms with Gasteiger partial charge in [0.1, 0.15) is 0 Å². The summed E-state index contributed by atoms with van der Waals surface area (Å²) in [4.78, 5) is 16.0. The second kappa shape index (κ2) is 5.87. The summed E-state index contributed by atoms with van der Waals surface area (Å²) in [5.74, 6) is -0.231. The van der Waals surface area contributed by atoms with E-state index < -0.39 is 9.84 Å². The number of nitrogens with zero attached hydrogens (tertiary/aromatic N) is 2. The first-order valence-corrected chi connectivity index (χ1v) is 7.90. The summed E-state index contributed by atoms with van der Waals surface area (Å²) in [5, 5.41) is 2.76. The molecule has 1 aromatic carbocycles. The fourth-order valence-electron chi connectivity index (χ4n) is 1.67. The summed E-state index contributed by atoms with van der Waals surface area (Å²) in [6.45, 7) is 1.11. The SMILES string of the molecule is CS(=O)(=O)c1ccc(C(=O)NCCn2ccnc2)cc1. The Morgan fingerprint density at radius 2 is 2.00 bits per heavy atom. The molecule has 20 heavy (non-hydrogen) atoms. The van der Waals surface area contributed by atoms with Crippen molar-refractivity contribution in [2.45, 2.75) is 11.4 Å². The molecule has 0 saturated carbocycles. The Morgan fingerprint density at radius 1 is 1.30 bits per heavy atom. The van der Waals surface area contributed by atoms with E-state index in [2.05, 4.69) is 10.3 Å². The maximum Gasteiger partial charge on any atom is 0.251 e. The molecule has 1 aromatic heterocycles. The third-order valence-electron chi connectivity index (χ3n) is 2.76. The highest BCUT2D eigenvalue weighted by molar-refractivity contribution is 7.90. The second-order valence-electron chi connectivity index (χ2n) is 4.35. The van der Waals surface area contributed by atoms with Gasteiger partial charge in [0.2, 0.25) is 0 Å². The van der Waals surface area contributed by atoms with Crippen LogP contribution >= 0.6 is 0 Å². The van der Waals surface area contributed by atoms with Crippen LogP contribution in [0.2, 0.25) is 0 Å². The molecule has 0 spiro atoms. The minimum atomic E-state index is -3.23. The molecule has 2 aromatic rings. The number of benzene rings is 1. The zero-order valence-corrected chi connectivity index (χ0v) is 11.8. The van der Waals surface area contributed by atoms with Crippen molar-refractivity contribution in [3.63, 3.8) is 0 Å². The van der Waals surface area contributed by atoms with Gasteiger partial charge >= 0.3 is 0 Å². The van der Waals surface area contributed by atoms with Crippen LogP contribution in [0.25, 0.3) is 0 Å². The normalized spacial score (nSPS) is 11.2. The fraction of sp³-hybridized carbons (Fsp3) is 0.231. The van der Waals surface area contributed by atoms with E-state index in [1.54, 1.807) is 12.5 Å². The molecule has 0 aliphatic carbocycles. The maximum absolute atomic E-state index is 11.8. The van der Waals surface area contributed by atoms with Crippen molar-refractivity contribution in [1.82, 2.24) is 14.9 Å². The number of imidazole rings is 1. The van der Waals surface area contributed by atoms with Gasteiger partial charge in [0.15, 0.2) is 9.84 Å². The van der Waals surface area contributed by atoms with Crippen molar-refractivity contribution < 1.29 is 13.2 Å². The Morgan fingerprint density at radius 3 is 2.55 bits per heavy atom. The van der Waals surface area contributed by atoms with Gasteiger partial charge in [-0.15, -0.1) is 0 Å². The fourth-order valence-corrected chi connectivity index (χ4v) is 2.30. The quantitative estimate of drug-likeness (QED) is 0.880. The monoisotopic (exact) mass is 293 g/mol. The van der Waals surface area contributed by atoms with Crippen molar-refractivity contribution in [3.05, 3.63) is 48.5 Å². The number of carbonyl (C=O) groups is 1. The summed E-state index contributed by atoms with van der Waals surface area (Å²) in [6, 6.07) is 5.87. The Balaban J connectivity index is 1.92. The molecule has 7 heteroatoms. The van der Waals surface area contributed by atoms with Gasteiger partial charge in [-0.25, -0.2) is 13.4 Å². The molecular formula is C13H15N3O3S. The molecule has 1 N–H and O–H groups in total. The van der Waals surface area contributed by atoms with E-state index in [1.807, 2.05) is 10.8 Å². The number of sulfone groups is 1. The van der Waals surface area contributed by atoms with E-state index in [4.69, 9.17) is 0 Å². The summed E-state index contributed by atoms with van der Waals surface area (Å²) >= 11 is 0. The molecule has 0 bridgehead atoms. The number of amides is 1. The van der Waals surface area contributed by atoms with E-state index in [0.29, 0.717) is 18.7 Å². The lowest BCUT2D eigenvalue weighted by atomic mass is 10.2. The molecule has 0 aliphatic heterocycles. The summed E-state index contributed by atoms with van der Waals surface area (Å²) in [7, 11) is -3.23. The standard InChI is InChI=1S/C13H15N3O3S/c1-20(18,19)12-4-2-11(3-5-12)13(17)15-7-9-16-8-6-14-10-16/h2-6,8,10H,7,9H2,1H3,(H,15,17). The second-order valence-corrected chi connectivity index (χ2v) is 6.37. The summed E-state index contributed by atoms with van der Waals surface area (Å²) < 4.78 is 24.5. The molecule has 0 radical (unpaired) electrons. The van der Waals surface area contributed by atoms with Gasteiger partial charge in [0.05, 0.1) is 11.2 Å². The molecular weight excluding hydrogens is 278 g/mol. The van der Waals surface area contributed by atoms with Crippen LogP contribution in [0, 0.1) is 0 Å². The van der Waals surface area contributed by atoms with Gasteiger partial charge in [0, 0.05) is 37.3 Å². The first-order valence-electron chi connectivity index (χ1n) is 6.01. The lowest BCUT2D eigenvalue weighted by molar-refractivity contribution is 0.0952. The van der Waals surface area contributed by atoms with Crippen LogP contribution in [0.4, 0.5) is 0 Å². The van der Waals surface area contributed by atoms with Gasteiger partial charge in [-0.05, 0) is 24.3 Å². The van der Waals surface area contributed by atoms with Gasteiger partial charge in [-0.3, -0.25) is 4.79 Å². The molecule has 0 saturated heterocycles. The number of hydrogen-bond acceptors (Lipinski definition) is 4. The molecule has 6 nitrogen and oxygen atoms in total. The third-order valence-corrected chi connectivity index (χ3v) is 3.89. The summed E-state index contributed by atoms with van der Waals surface area (Å²) in [5.41, 5.74) is 0.433. The van der Waals surface area contributed by atoms with Crippen molar-refractivity contribution in [2.75, 3.05) is 12.8 Å². The number of hydrogen-bond donors (Lipinski definition) is 1. The third kappa shape index (κ3) is 3.67. The Labute approximate surface area is 117 Å². The Kier molecular flexibility index (Phi) is 4.19. The van der Waals surface area contributed by atoms with Crippen LogP contribution in [-0.4, -0.2) is 36.7 Å². The minimum Gasteiger partial charge on any atom is -0.350 e. The zero-order chi connectivity index (χ0) is 14.6. The maximum atomic E-state index is 11.8. The average molecular weight is 293 g/mol. The van der Waals surface area contributed by atoms with Crippen molar-refractivity contribution in [2.24, 2.45) is 0 Å². The predicted molar refractivity (Wildman–Crippen MR) is 74.1 cm³/mol. The molecule has 106 valence electrons. The molecule has 0 aliphatic rings. The first-order chi connectivity index (χ1) is 9.47. The van der Waals surface area contributed by atoms with E-state index in [1.165, 1.54) is 24.3 Å². The molecule has 0 unspecified atom stereocenters. The van der Waals surface area contributed by atoms with Crippen LogP contribution in [0.15, 0.2) is 47.9 Å². The first kappa shape index (κ1) is 14.3. The number of rotatable bonds is 5. The van der Waals surface area contributed by atoms with Crippen LogP contribution in [0.3, 0.4) is 0 Å². The van der Waals surface area contributed by atoms with Gasteiger partial charge in [-0.1, -0.05) is 0 Å². The van der Waals surface area contributed by atoms with Crippen molar-refractivity contribution in [3.8, 4) is 0 Å².